The van der Waals surface area contributed by atoms with Crippen LogP contribution in [0.25, 0.3) is 0 Å². The molecule has 80 valence electrons. The first-order valence-electron chi connectivity index (χ1n) is 4.75. The lowest BCUT2D eigenvalue weighted by atomic mass is 10.0. The van der Waals surface area contributed by atoms with Crippen LogP contribution in [0.5, 0.6) is 0 Å². The number of carboxylic acids is 1. The topological polar surface area (TPSA) is 69.6 Å². The zero-order chi connectivity index (χ0) is 10.7. The fourth-order valence-corrected chi connectivity index (χ4v) is 1.36. The van der Waals surface area contributed by atoms with Crippen LogP contribution in [-0.4, -0.2) is 47.6 Å². The first kappa shape index (κ1) is 11.0. The van der Waals surface area contributed by atoms with E-state index in [1.165, 1.54) is 4.90 Å². The number of nitrogens with zero attached hydrogens (tertiary/aromatic N) is 1. The molecule has 1 rings (SSSR count). The highest BCUT2D eigenvalue weighted by Crippen LogP contribution is 2.10. The van der Waals surface area contributed by atoms with E-state index in [4.69, 9.17) is 5.11 Å². The maximum absolute atomic E-state index is 11.7. The van der Waals surface area contributed by atoms with Crippen molar-refractivity contribution >= 4 is 11.9 Å². The molecule has 0 aromatic rings. The number of carbonyl (C=O) groups is 2. The van der Waals surface area contributed by atoms with Gasteiger partial charge in [0.05, 0.1) is 5.92 Å². The highest BCUT2D eigenvalue weighted by Gasteiger charge is 2.31. The normalized spacial score (nSPS) is 16.5. The predicted octanol–water partition coefficient (Wildman–Crippen LogP) is -0.473. The summed E-state index contributed by atoms with van der Waals surface area (Å²) in [5, 5.41) is 11.6. The van der Waals surface area contributed by atoms with Crippen molar-refractivity contribution in [1.82, 2.24) is 10.2 Å². The number of rotatable bonds is 4. The third kappa shape index (κ3) is 2.45. The molecule has 14 heavy (non-hydrogen) atoms. The van der Waals surface area contributed by atoms with Crippen LogP contribution in [0.3, 0.4) is 0 Å². The monoisotopic (exact) mass is 200 g/mol. The highest BCUT2D eigenvalue weighted by molar-refractivity contribution is 5.84. The van der Waals surface area contributed by atoms with Crippen molar-refractivity contribution in [3.8, 4) is 0 Å². The van der Waals surface area contributed by atoms with E-state index in [0.717, 1.165) is 0 Å². The van der Waals surface area contributed by atoms with E-state index in [1.54, 1.807) is 0 Å². The van der Waals surface area contributed by atoms with E-state index in [9.17, 15) is 9.59 Å². The van der Waals surface area contributed by atoms with Gasteiger partial charge < -0.3 is 15.3 Å². The van der Waals surface area contributed by atoms with Gasteiger partial charge in [-0.25, -0.2) is 0 Å². The van der Waals surface area contributed by atoms with Crippen LogP contribution < -0.4 is 5.32 Å². The smallest absolute Gasteiger partial charge is 0.323 e. The zero-order valence-electron chi connectivity index (χ0n) is 8.49. The molecule has 5 heteroatoms. The Morgan fingerprint density at radius 3 is 2.36 bits per heavy atom. The molecule has 1 heterocycles. The van der Waals surface area contributed by atoms with E-state index in [-0.39, 0.29) is 24.4 Å². The van der Waals surface area contributed by atoms with Gasteiger partial charge in [0.2, 0.25) is 5.91 Å². The maximum Gasteiger partial charge on any atom is 0.323 e. The fraction of sp³-hybridized carbons (Fsp3) is 0.778. The van der Waals surface area contributed by atoms with Crippen LogP contribution in [0.1, 0.15) is 13.8 Å². The molecular weight excluding hydrogens is 184 g/mol. The van der Waals surface area contributed by atoms with E-state index >= 15 is 0 Å². The summed E-state index contributed by atoms with van der Waals surface area (Å²) >= 11 is 0. The van der Waals surface area contributed by atoms with Crippen LogP contribution in [0, 0.1) is 5.92 Å². The van der Waals surface area contributed by atoms with Crippen molar-refractivity contribution in [3.63, 3.8) is 0 Å². The van der Waals surface area contributed by atoms with Crippen molar-refractivity contribution in [2.24, 2.45) is 5.92 Å². The van der Waals surface area contributed by atoms with Crippen LogP contribution >= 0.6 is 0 Å². The number of carboxylic acid groups (broad SMARTS) is 1. The summed E-state index contributed by atoms with van der Waals surface area (Å²) in [6.45, 7) is 4.79. The van der Waals surface area contributed by atoms with Gasteiger partial charge in [-0.3, -0.25) is 9.59 Å². The molecule has 0 unspecified atom stereocenters. The summed E-state index contributed by atoms with van der Waals surface area (Å²) < 4.78 is 0. The minimum absolute atomic E-state index is 0.0308. The quantitative estimate of drug-likeness (QED) is 0.643. The summed E-state index contributed by atoms with van der Waals surface area (Å²) in [4.78, 5) is 23.7. The van der Waals surface area contributed by atoms with Gasteiger partial charge in [-0.05, 0) is 13.8 Å². The molecule has 0 aromatic heterocycles. The Morgan fingerprint density at radius 1 is 1.50 bits per heavy atom. The molecule has 0 bridgehead atoms. The first-order chi connectivity index (χ1) is 6.52. The molecular formula is C9H16N2O3. The highest BCUT2D eigenvalue weighted by atomic mass is 16.4. The number of hydrogen-bond acceptors (Lipinski definition) is 3. The molecule has 1 amide bonds. The fourth-order valence-electron chi connectivity index (χ4n) is 1.36. The van der Waals surface area contributed by atoms with Gasteiger partial charge in [-0.2, -0.15) is 0 Å². The van der Waals surface area contributed by atoms with Crippen molar-refractivity contribution < 1.29 is 14.7 Å². The molecule has 5 nitrogen and oxygen atoms in total. The van der Waals surface area contributed by atoms with Crippen LogP contribution in [0.4, 0.5) is 0 Å². The summed E-state index contributed by atoms with van der Waals surface area (Å²) in [6.07, 6.45) is 0. The minimum Gasteiger partial charge on any atom is -0.480 e. The van der Waals surface area contributed by atoms with Gasteiger partial charge in [0.1, 0.15) is 6.54 Å². The van der Waals surface area contributed by atoms with Gasteiger partial charge in [0.15, 0.2) is 0 Å². The zero-order valence-corrected chi connectivity index (χ0v) is 8.49. The Balaban J connectivity index is 2.56. The number of carbonyl (C=O) groups excluding carboxylic acids is 1. The second kappa shape index (κ2) is 4.41. The summed E-state index contributed by atoms with van der Waals surface area (Å²) in [5.41, 5.74) is 0. The summed E-state index contributed by atoms with van der Waals surface area (Å²) in [5.74, 6) is -1.04. The minimum atomic E-state index is -0.959. The van der Waals surface area contributed by atoms with Gasteiger partial charge >= 0.3 is 5.97 Å². The molecule has 0 aliphatic carbocycles. The second-order valence-electron chi connectivity index (χ2n) is 3.81. The average molecular weight is 200 g/mol. The standard InChI is InChI=1S/C9H16N2O3/c1-6(2)11(5-8(12)13)9(14)7-3-10-4-7/h6-7,10H,3-5H2,1-2H3,(H,12,13). The van der Waals surface area contributed by atoms with Crippen molar-refractivity contribution in [2.45, 2.75) is 19.9 Å². The predicted molar refractivity (Wildman–Crippen MR) is 50.8 cm³/mol. The number of hydrogen-bond donors (Lipinski definition) is 2. The molecule has 2 N–H and O–H groups in total. The van der Waals surface area contributed by atoms with E-state index < -0.39 is 5.97 Å². The lowest BCUT2D eigenvalue weighted by molar-refractivity contribution is -0.148. The Hall–Kier alpha value is -1.10. The molecule has 1 saturated heterocycles. The SMILES string of the molecule is CC(C)N(CC(=O)O)C(=O)C1CNC1. The third-order valence-electron chi connectivity index (χ3n) is 2.34. The molecule has 1 aliphatic heterocycles. The molecule has 0 atom stereocenters. The van der Waals surface area contributed by atoms with Crippen LogP contribution in [0.15, 0.2) is 0 Å². The molecule has 1 fully saturated rings. The molecule has 1 aliphatic rings. The number of nitrogens with one attached hydrogen (secondary N) is 1. The van der Waals surface area contributed by atoms with Gasteiger partial charge in [-0.15, -0.1) is 0 Å². The average Bonchev–Trinajstić information content (AvgIpc) is 1.95. The first-order valence-corrected chi connectivity index (χ1v) is 4.75. The van der Waals surface area contributed by atoms with Crippen molar-refractivity contribution in [3.05, 3.63) is 0 Å². The van der Waals surface area contributed by atoms with E-state index in [1.807, 2.05) is 13.8 Å². The molecule has 0 aromatic carbocycles. The maximum atomic E-state index is 11.7. The molecule has 0 radical (unpaired) electrons. The Morgan fingerprint density at radius 2 is 2.07 bits per heavy atom. The van der Waals surface area contributed by atoms with Gasteiger partial charge in [-0.1, -0.05) is 0 Å². The molecule has 0 spiro atoms. The van der Waals surface area contributed by atoms with E-state index in [0.29, 0.717) is 13.1 Å². The Kier molecular flexibility index (Phi) is 3.46. The lowest BCUT2D eigenvalue weighted by Crippen LogP contribution is -2.54. The molecule has 0 saturated carbocycles. The van der Waals surface area contributed by atoms with E-state index in [2.05, 4.69) is 5.32 Å². The number of aliphatic carboxylic acids is 1. The summed E-state index contributed by atoms with van der Waals surface area (Å²) in [6, 6.07) is -0.0563. The van der Waals surface area contributed by atoms with Crippen LogP contribution in [-0.2, 0) is 9.59 Å². The number of amides is 1. The van der Waals surface area contributed by atoms with Gasteiger partial charge in [0.25, 0.3) is 0 Å². The van der Waals surface area contributed by atoms with Crippen molar-refractivity contribution in [1.29, 1.82) is 0 Å². The second-order valence-corrected chi connectivity index (χ2v) is 3.81. The van der Waals surface area contributed by atoms with Crippen LogP contribution in [0.2, 0.25) is 0 Å². The van der Waals surface area contributed by atoms with Gasteiger partial charge in [0, 0.05) is 19.1 Å². The van der Waals surface area contributed by atoms with Crippen molar-refractivity contribution in [2.75, 3.05) is 19.6 Å². The summed E-state index contributed by atoms with van der Waals surface area (Å²) in [7, 11) is 0. The third-order valence-corrected chi connectivity index (χ3v) is 2.34. The Bertz CT molecular complexity index is 236. The lowest BCUT2D eigenvalue weighted by Gasteiger charge is -2.33. The Labute approximate surface area is 83.1 Å². The largest absolute Gasteiger partial charge is 0.480 e.